The molecule has 0 aliphatic heterocycles. The molecule has 7 heteroatoms. The Bertz CT molecular complexity index is 261. The van der Waals surface area contributed by atoms with Gasteiger partial charge in [-0.15, -0.1) is 0 Å². The highest BCUT2D eigenvalue weighted by molar-refractivity contribution is 6.34. The van der Waals surface area contributed by atoms with Gasteiger partial charge < -0.3 is 5.32 Å². The summed E-state index contributed by atoms with van der Waals surface area (Å²) in [5, 5.41) is -2.33. The first-order valence-corrected chi connectivity index (χ1v) is 5.38. The summed E-state index contributed by atoms with van der Waals surface area (Å²) in [4.78, 5) is 11.0. The summed E-state index contributed by atoms with van der Waals surface area (Å²) >= 11 is 4.58. The van der Waals surface area contributed by atoms with E-state index in [1.54, 1.807) is 0 Å². The Kier molecular flexibility index (Phi) is 4.04. The fourth-order valence-corrected chi connectivity index (χ4v) is 1.71. The molecule has 0 unspecified atom stereocenters. The molecule has 16 heavy (non-hydrogen) atoms. The molecule has 1 saturated carbocycles. The van der Waals surface area contributed by atoms with Gasteiger partial charge in [-0.25, -0.2) is 4.39 Å². The van der Waals surface area contributed by atoms with Crippen molar-refractivity contribution < 1.29 is 22.4 Å². The quantitative estimate of drug-likeness (QED) is 0.601. The molecule has 0 aromatic carbocycles. The Labute approximate surface area is 95.3 Å². The van der Waals surface area contributed by atoms with Crippen molar-refractivity contribution in [2.24, 2.45) is 0 Å². The second-order valence-corrected chi connectivity index (χ2v) is 4.40. The molecule has 0 saturated heterocycles. The van der Waals surface area contributed by atoms with Gasteiger partial charge in [-0.2, -0.15) is 13.2 Å². The lowest BCUT2D eigenvalue weighted by atomic mass is 9.95. The minimum Gasteiger partial charge on any atom is -0.349 e. The first kappa shape index (κ1) is 13.5. The van der Waals surface area contributed by atoms with Crippen molar-refractivity contribution in [3.05, 3.63) is 0 Å². The molecular weight excluding hydrogens is 250 g/mol. The van der Waals surface area contributed by atoms with E-state index in [-0.39, 0.29) is 0 Å². The number of amides is 1. The highest BCUT2D eigenvalue weighted by Crippen LogP contribution is 2.38. The summed E-state index contributed by atoms with van der Waals surface area (Å²) in [7, 11) is 0. The molecule has 0 spiro atoms. The fourth-order valence-electron chi connectivity index (χ4n) is 1.65. The van der Waals surface area contributed by atoms with Crippen LogP contribution in [0.4, 0.5) is 17.6 Å². The summed E-state index contributed by atoms with van der Waals surface area (Å²) < 4.78 is 49.2. The number of carbonyl (C=O) groups excluding carboxylic acids is 1. The minimum absolute atomic E-state index is 0.405. The molecule has 1 N–H and O–H groups in total. The first-order valence-electron chi connectivity index (χ1n) is 5.00. The third-order valence-corrected chi connectivity index (χ3v) is 2.97. The van der Waals surface area contributed by atoms with Gasteiger partial charge in [0.1, 0.15) is 0 Å². The molecule has 0 radical (unpaired) electrons. The van der Waals surface area contributed by atoms with Crippen molar-refractivity contribution >= 4 is 17.5 Å². The van der Waals surface area contributed by atoms with Crippen molar-refractivity contribution in [3.8, 4) is 0 Å². The van der Waals surface area contributed by atoms with Crippen LogP contribution in [0.2, 0.25) is 0 Å². The van der Waals surface area contributed by atoms with E-state index in [2.05, 4.69) is 11.6 Å². The predicted molar refractivity (Wildman–Crippen MR) is 50.8 cm³/mol. The maximum absolute atomic E-state index is 13.0. The van der Waals surface area contributed by atoms with E-state index < -0.39 is 23.3 Å². The van der Waals surface area contributed by atoms with E-state index in [4.69, 9.17) is 0 Å². The van der Waals surface area contributed by atoms with E-state index in [1.165, 1.54) is 0 Å². The van der Waals surface area contributed by atoms with Crippen LogP contribution in [-0.4, -0.2) is 23.3 Å². The van der Waals surface area contributed by atoms with Crippen LogP contribution in [0.25, 0.3) is 0 Å². The Morgan fingerprint density at radius 1 is 1.12 bits per heavy atom. The summed E-state index contributed by atoms with van der Waals surface area (Å²) in [6.07, 6.45) is -1.65. The standard InChI is InChI=1S/C9H12ClF4NO/c10-8(11,9(12,13)14)7(16)15-6-4-2-1-3-5-6/h6H,1-5H2,(H,15,16)/t8-/m1/s1. The van der Waals surface area contributed by atoms with Gasteiger partial charge >= 0.3 is 11.3 Å². The molecule has 1 aliphatic rings. The van der Waals surface area contributed by atoms with Crippen LogP contribution in [0, 0.1) is 0 Å². The molecule has 1 amide bonds. The van der Waals surface area contributed by atoms with Crippen LogP contribution in [-0.2, 0) is 4.79 Å². The molecule has 1 atom stereocenters. The molecule has 0 heterocycles. The predicted octanol–water partition coefficient (Wildman–Crippen LogP) is 2.90. The van der Waals surface area contributed by atoms with Gasteiger partial charge in [-0.1, -0.05) is 30.9 Å². The van der Waals surface area contributed by atoms with E-state index >= 15 is 0 Å². The third-order valence-electron chi connectivity index (χ3n) is 2.58. The molecule has 0 aromatic heterocycles. The van der Waals surface area contributed by atoms with E-state index in [0.717, 1.165) is 19.3 Å². The van der Waals surface area contributed by atoms with Gasteiger partial charge in [0.15, 0.2) is 0 Å². The molecule has 94 valence electrons. The van der Waals surface area contributed by atoms with Crippen molar-refractivity contribution in [1.29, 1.82) is 0 Å². The summed E-state index contributed by atoms with van der Waals surface area (Å²) in [5.41, 5.74) is 0. The zero-order valence-corrected chi connectivity index (χ0v) is 9.17. The zero-order chi connectivity index (χ0) is 12.4. The normalized spacial score (nSPS) is 22.6. The first-order chi connectivity index (χ1) is 7.25. The van der Waals surface area contributed by atoms with Crippen LogP contribution in [0.1, 0.15) is 32.1 Å². The van der Waals surface area contributed by atoms with Crippen molar-refractivity contribution in [1.82, 2.24) is 5.32 Å². The SMILES string of the molecule is O=C(NC1CCCCC1)[C@](F)(Cl)C(F)(F)F. The highest BCUT2D eigenvalue weighted by atomic mass is 35.5. The average Bonchev–Trinajstić information content (AvgIpc) is 2.17. The molecule has 1 rings (SSSR count). The fraction of sp³-hybridized carbons (Fsp3) is 0.889. The van der Waals surface area contributed by atoms with Crippen LogP contribution in [0.15, 0.2) is 0 Å². The van der Waals surface area contributed by atoms with Gasteiger partial charge in [0.05, 0.1) is 0 Å². The number of hydrogen-bond donors (Lipinski definition) is 1. The van der Waals surface area contributed by atoms with Gasteiger partial charge in [0.25, 0.3) is 5.91 Å². The maximum Gasteiger partial charge on any atom is 0.446 e. The largest absolute Gasteiger partial charge is 0.446 e. The number of rotatable bonds is 2. The number of halogens is 5. The Morgan fingerprint density at radius 2 is 1.62 bits per heavy atom. The summed E-state index contributed by atoms with van der Waals surface area (Å²) in [6.45, 7) is 0. The van der Waals surface area contributed by atoms with E-state index in [1.807, 2.05) is 5.32 Å². The van der Waals surface area contributed by atoms with E-state index in [9.17, 15) is 22.4 Å². The van der Waals surface area contributed by atoms with Gasteiger partial charge in [0.2, 0.25) is 0 Å². The Balaban J connectivity index is 2.57. The number of hydrogen-bond acceptors (Lipinski definition) is 1. The van der Waals surface area contributed by atoms with Crippen molar-refractivity contribution in [3.63, 3.8) is 0 Å². The average molecular weight is 262 g/mol. The van der Waals surface area contributed by atoms with Gasteiger partial charge in [0, 0.05) is 6.04 Å². The molecular formula is C9H12ClF4NO. The topological polar surface area (TPSA) is 29.1 Å². The smallest absolute Gasteiger partial charge is 0.349 e. The van der Waals surface area contributed by atoms with Crippen molar-refractivity contribution in [2.45, 2.75) is 49.5 Å². The van der Waals surface area contributed by atoms with Crippen LogP contribution in [0.3, 0.4) is 0 Å². The lowest BCUT2D eigenvalue weighted by Crippen LogP contribution is -2.52. The molecule has 0 aromatic rings. The number of nitrogens with one attached hydrogen (secondary N) is 1. The molecule has 1 fully saturated rings. The summed E-state index contributed by atoms with van der Waals surface area (Å²) in [5.74, 6) is -1.81. The Morgan fingerprint density at radius 3 is 2.06 bits per heavy atom. The van der Waals surface area contributed by atoms with Crippen LogP contribution < -0.4 is 5.32 Å². The lowest BCUT2D eigenvalue weighted by molar-refractivity contribution is -0.201. The van der Waals surface area contributed by atoms with Gasteiger partial charge in [-0.05, 0) is 12.8 Å². The molecule has 1 aliphatic carbocycles. The second-order valence-electron chi connectivity index (χ2n) is 3.88. The minimum atomic E-state index is -5.40. The zero-order valence-electron chi connectivity index (χ0n) is 8.41. The van der Waals surface area contributed by atoms with Gasteiger partial charge in [-0.3, -0.25) is 4.79 Å². The second kappa shape index (κ2) is 4.77. The van der Waals surface area contributed by atoms with Crippen LogP contribution in [0.5, 0.6) is 0 Å². The third kappa shape index (κ3) is 2.99. The lowest BCUT2D eigenvalue weighted by Gasteiger charge is -2.26. The van der Waals surface area contributed by atoms with Crippen LogP contribution >= 0.6 is 11.6 Å². The number of alkyl halides is 5. The van der Waals surface area contributed by atoms with E-state index in [0.29, 0.717) is 12.8 Å². The maximum atomic E-state index is 13.0. The number of carbonyl (C=O) groups is 1. The molecule has 0 bridgehead atoms. The van der Waals surface area contributed by atoms with Crippen molar-refractivity contribution in [2.75, 3.05) is 0 Å². The molecule has 2 nitrogen and oxygen atoms in total. The summed E-state index contributed by atoms with van der Waals surface area (Å²) in [6, 6.07) is -0.405. The Hall–Kier alpha value is -0.520. The highest BCUT2D eigenvalue weighted by Gasteiger charge is 2.61. The monoisotopic (exact) mass is 261 g/mol.